The Balaban J connectivity index is 0.000000343. The molecule has 0 unspecified atom stereocenters. The third kappa shape index (κ3) is 13.8. The van der Waals surface area contributed by atoms with E-state index in [0.29, 0.717) is 0 Å². The smallest absolute Gasteiger partial charge is 0.0606 e. The Hall–Kier alpha value is -4.64. The largest absolute Gasteiger partial charge is 0.672 e. The van der Waals surface area contributed by atoms with Crippen molar-refractivity contribution in [1.82, 2.24) is 0 Å². The van der Waals surface area contributed by atoms with E-state index in [9.17, 15) is 0 Å². The quantitative estimate of drug-likeness (QED) is 0.114. The van der Waals surface area contributed by atoms with Gasteiger partial charge in [0.2, 0.25) is 0 Å². The van der Waals surface area contributed by atoms with Crippen LogP contribution in [0.5, 0.6) is 11.5 Å². The van der Waals surface area contributed by atoms with Gasteiger partial charge in [-0.3, -0.25) is 0 Å². The van der Waals surface area contributed by atoms with Crippen molar-refractivity contribution in [3.63, 3.8) is 0 Å². The second kappa shape index (κ2) is 25.5. The summed E-state index contributed by atoms with van der Waals surface area (Å²) in [5, 5.41) is 8.10. The molecular weight excluding hydrogens is 1100 g/mol. The number of aryl methyl sites for hydroxylation is 8. The summed E-state index contributed by atoms with van der Waals surface area (Å²) in [6.45, 7) is 17.7. The van der Waals surface area contributed by atoms with Gasteiger partial charge in [0.25, 0.3) is 0 Å². The molecule has 2 atom stereocenters. The molecule has 0 bridgehead atoms. The SMILES string of the molecule is COc1cccc([PH+](c2cc(C)cc(C)c2)c2cc(C)cc(C)c2)c1-c1c(OC)cccc1[PH+](c1cc(C)cc(C)c1)c1cc(C)cc(C)c1.[Cl][Os][Cl].[NH-][C@H](c1ccccc1)[C@H]([NH-])c1ccccc1. The second-order valence-corrected chi connectivity index (χ2v) is 26.4. The molecular formula is C60H64Cl2N2O2OsP2. The van der Waals surface area contributed by atoms with Gasteiger partial charge in [0.1, 0.15) is 43.3 Å². The van der Waals surface area contributed by atoms with E-state index < -0.39 is 43.3 Å². The van der Waals surface area contributed by atoms with Gasteiger partial charge in [0.05, 0.1) is 41.2 Å². The second-order valence-electron chi connectivity index (χ2n) is 17.8. The Bertz CT molecular complexity index is 2590. The van der Waals surface area contributed by atoms with Crippen molar-refractivity contribution in [2.45, 2.75) is 67.5 Å². The van der Waals surface area contributed by atoms with Gasteiger partial charge >= 0.3 is 34.7 Å². The summed E-state index contributed by atoms with van der Waals surface area (Å²) in [7, 11) is 10.4. The van der Waals surface area contributed by atoms with Crippen LogP contribution in [0.2, 0.25) is 0 Å². The van der Waals surface area contributed by atoms with E-state index >= 15 is 0 Å². The van der Waals surface area contributed by atoms with Crippen LogP contribution >= 0.6 is 35.1 Å². The van der Waals surface area contributed by atoms with Gasteiger partial charge in [-0.1, -0.05) is 108 Å². The Labute approximate surface area is 430 Å². The number of rotatable bonds is 12. The van der Waals surface area contributed by atoms with Crippen LogP contribution in [-0.4, -0.2) is 14.2 Å². The Morgan fingerprint density at radius 3 is 0.855 bits per heavy atom. The number of nitrogens with one attached hydrogen (secondary N) is 2. The topological polar surface area (TPSA) is 66.1 Å². The van der Waals surface area contributed by atoms with Crippen LogP contribution in [0.15, 0.2) is 170 Å². The molecule has 0 saturated heterocycles. The van der Waals surface area contributed by atoms with Gasteiger partial charge < -0.3 is 20.9 Å². The molecule has 0 aliphatic carbocycles. The maximum Gasteiger partial charge on any atom is -0.0606 e. The van der Waals surface area contributed by atoms with Crippen LogP contribution < -0.4 is 41.3 Å². The van der Waals surface area contributed by atoms with Crippen molar-refractivity contribution < 1.29 is 24.9 Å². The predicted octanol–water partition coefficient (Wildman–Crippen LogP) is 14.8. The van der Waals surface area contributed by atoms with E-state index in [0.717, 1.165) is 33.8 Å². The minimum Gasteiger partial charge on any atom is -0.672 e. The number of methoxy groups -OCH3 is 2. The average molecular weight is 1170 g/mol. The first-order valence-electron chi connectivity index (χ1n) is 23.0. The zero-order chi connectivity index (χ0) is 49.8. The maximum atomic E-state index is 8.07. The van der Waals surface area contributed by atoms with Crippen molar-refractivity contribution in [3.8, 4) is 22.6 Å². The minimum atomic E-state index is -1.52. The molecule has 2 N–H and O–H groups in total. The van der Waals surface area contributed by atoms with Gasteiger partial charge in [-0.2, -0.15) is 0 Å². The molecule has 0 heterocycles. The summed E-state index contributed by atoms with van der Waals surface area (Å²) in [5.74, 6) is 1.73. The van der Waals surface area contributed by atoms with Crippen LogP contribution in [0.4, 0.5) is 0 Å². The fourth-order valence-corrected chi connectivity index (χ4v) is 15.9. The van der Waals surface area contributed by atoms with Crippen LogP contribution in [0.3, 0.4) is 0 Å². The Morgan fingerprint density at radius 2 is 0.623 bits per heavy atom. The van der Waals surface area contributed by atoms with Crippen molar-refractivity contribution in [2.75, 3.05) is 14.2 Å². The molecule has 0 amide bonds. The number of hydrogen-bond acceptors (Lipinski definition) is 2. The number of ether oxygens (including phenoxy) is 2. The van der Waals surface area contributed by atoms with Crippen molar-refractivity contribution in [1.29, 1.82) is 0 Å². The molecule has 69 heavy (non-hydrogen) atoms. The monoisotopic (exact) mass is 1170 g/mol. The van der Waals surface area contributed by atoms with Crippen LogP contribution in [0.1, 0.15) is 67.7 Å². The van der Waals surface area contributed by atoms with Crippen LogP contribution in [0, 0.1) is 55.4 Å². The van der Waals surface area contributed by atoms with E-state index in [4.69, 9.17) is 40.2 Å². The summed E-state index contributed by atoms with van der Waals surface area (Å²) in [4.78, 5) is 0. The Kier molecular flexibility index (Phi) is 19.8. The minimum absolute atomic E-state index is 0.524. The molecule has 0 spiro atoms. The molecule has 0 aliphatic heterocycles. The van der Waals surface area contributed by atoms with E-state index in [1.807, 2.05) is 60.7 Å². The van der Waals surface area contributed by atoms with Crippen molar-refractivity contribution in [2.24, 2.45) is 0 Å². The van der Waals surface area contributed by atoms with Gasteiger partial charge in [0, 0.05) is 0 Å². The van der Waals surface area contributed by atoms with Gasteiger partial charge in [-0.15, -0.1) is 12.1 Å². The molecule has 4 nitrogen and oxygen atoms in total. The molecule has 358 valence electrons. The molecule has 0 fully saturated rings. The van der Waals surface area contributed by atoms with Crippen LogP contribution in [-0.2, 0) is 15.4 Å². The first kappa shape index (κ1) is 53.7. The van der Waals surface area contributed by atoms with E-state index in [-0.39, 0.29) is 0 Å². The normalized spacial score (nSPS) is 11.9. The van der Waals surface area contributed by atoms with Gasteiger partial charge in [-0.25, -0.2) is 0 Å². The van der Waals surface area contributed by atoms with Crippen molar-refractivity contribution >= 4 is 66.9 Å². The predicted molar refractivity (Wildman–Crippen MR) is 302 cm³/mol. The summed E-state index contributed by atoms with van der Waals surface area (Å²) in [6.07, 6.45) is 0. The molecule has 8 rings (SSSR count). The molecule has 0 aliphatic rings. The fourth-order valence-electron chi connectivity index (χ4n) is 9.47. The van der Waals surface area contributed by atoms with Crippen molar-refractivity contribution in [3.05, 3.63) is 237 Å². The van der Waals surface area contributed by atoms with Crippen LogP contribution in [0.25, 0.3) is 22.6 Å². The molecule has 9 heteroatoms. The number of benzene rings is 8. The number of halogens is 2. The zero-order valence-electron chi connectivity index (χ0n) is 41.2. The van der Waals surface area contributed by atoms with E-state index in [1.54, 1.807) is 14.2 Å². The zero-order valence-corrected chi connectivity index (χ0v) is 47.3. The van der Waals surface area contributed by atoms with E-state index in [1.165, 1.54) is 76.3 Å². The standard InChI is InChI=1S/C46H48O2P2.C14H14N2.2ClH.Os/c1-29-17-30(2)22-37(21-29)49(38-23-31(3)18-32(4)24-38)43-15-11-13-41(47-9)45(43)46-42(48-10)14-12-16-44(46)50(39-25-33(5)19-34(6)26-39)40-27-35(7)20-36(8)28-40;15-13(11-7-3-1-4-8-11)14(16)12-9-5-2-6-10-12;;;/h11-28H,1-10H3;1-10,13-16H;2*1H;/q;-2;;;+2/t;13-,14-;;;/m.1.../s1. The third-order valence-corrected chi connectivity index (χ3v) is 17.3. The number of hydrogen-bond donors (Lipinski definition) is 0. The van der Waals surface area contributed by atoms with E-state index in [2.05, 4.69) is 165 Å². The molecule has 0 aromatic heterocycles. The fraction of sp³-hybridized carbons (Fsp3) is 0.200. The summed E-state index contributed by atoms with van der Waals surface area (Å²) >= 11 is -0.639. The molecule has 0 radical (unpaired) electrons. The average Bonchev–Trinajstić information content (AvgIpc) is 3.31. The third-order valence-electron chi connectivity index (χ3n) is 12.0. The van der Waals surface area contributed by atoms with Gasteiger partial charge in [0.15, 0.2) is 0 Å². The first-order valence-corrected chi connectivity index (χ1v) is 32.3. The maximum absolute atomic E-state index is 8.07. The first-order chi connectivity index (χ1) is 33.1. The summed E-state index contributed by atoms with van der Waals surface area (Å²) in [5.41, 5.74) is 30.4. The molecule has 8 aromatic rings. The van der Waals surface area contributed by atoms with Gasteiger partial charge in [-0.05, 0) is 173 Å². The molecule has 8 aromatic carbocycles. The summed E-state index contributed by atoms with van der Waals surface area (Å²) in [6, 6.07) is 59.6. The Morgan fingerprint density at radius 1 is 0.377 bits per heavy atom. The molecule has 0 saturated carbocycles. The summed E-state index contributed by atoms with van der Waals surface area (Å²) < 4.78 is 12.7.